The molecule has 1 saturated heterocycles. The fourth-order valence-electron chi connectivity index (χ4n) is 2.12. The van der Waals surface area contributed by atoms with Crippen molar-refractivity contribution in [3.05, 3.63) is 58.7 Å². The number of amidine groups is 1. The minimum atomic E-state index is -0.176. The molecule has 112 valence electrons. The molecule has 1 unspecified atom stereocenters. The quantitative estimate of drug-likeness (QED) is 0.936. The molecule has 1 aromatic carbocycles. The van der Waals surface area contributed by atoms with Crippen LogP contribution in [0.3, 0.4) is 0 Å². The van der Waals surface area contributed by atoms with Crippen LogP contribution in [0.15, 0.2) is 47.5 Å². The van der Waals surface area contributed by atoms with E-state index in [0.29, 0.717) is 22.4 Å². The molecule has 1 aliphatic rings. The predicted molar refractivity (Wildman–Crippen MR) is 90.7 cm³/mol. The maximum absolute atomic E-state index is 12.1. The van der Waals surface area contributed by atoms with Crippen LogP contribution in [0.2, 0.25) is 5.02 Å². The van der Waals surface area contributed by atoms with Crippen LogP contribution in [-0.2, 0) is 11.2 Å². The lowest BCUT2D eigenvalue weighted by Gasteiger charge is -2.05. The summed E-state index contributed by atoms with van der Waals surface area (Å²) >= 11 is 7.31. The fraction of sp³-hybridized carbons (Fsp3) is 0.188. The molecule has 1 amide bonds. The second-order valence-electron chi connectivity index (χ2n) is 4.98. The molecule has 4 nitrogen and oxygen atoms in total. The number of thioether (sulfide) groups is 1. The summed E-state index contributed by atoms with van der Waals surface area (Å²) in [7, 11) is 0. The molecule has 22 heavy (non-hydrogen) atoms. The highest BCUT2D eigenvalue weighted by Crippen LogP contribution is 2.25. The Morgan fingerprint density at radius 2 is 2.05 bits per heavy atom. The van der Waals surface area contributed by atoms with Crippen molar-refractivity contribution in [2.24, 2.45) is 4.99 Å². The number of aliphatic imine (C=N–C) groups is 1. The van der Waals surface area contributed by atoms with Gasteiger partial charge in [0.05, 0.1) is 5.25 Å². The number of rotatable bonds is 3. The Labute approximate surface area is 138 Å². The van der Waals surface area contributed by atoms with Crippen molar-refractivity contribution >= 4 is 40.3 Å². The second-order valence-corrected chi connectivity index (χ2v) is 6.61. The van der Waals surface area contributed by atoms with Gasteiger partial charge in [-0.3, -0.25) is 4.79 Å². The summed E-state index contributed by atoms with van der Waals surface area (Å²) in [6.07, 6.45) is 0.647. The normalized spacial score (nSPS) is 19.5. The van der Waals surface area contributed by atoms with E-state index in [1.807, 2.05) is 49.4 Å². The maximum Gasteiger partial charge on any atom is 0.239 e. The predicted octanol–water partition coefficient (Wildman–Crippen LogP) is 3.51. The zero-order valence-electron chi connectivity index (χ0n) is 11.9. The summed E-state index contributed by atoms with van der Waals surface area (Å²) < 4.78 is 0. The first-order valence-corrected chi connectivity index (χ1v) is 8.10. The fourth-order valence-corrected chi connectivity index (χ4v) is 3.26. The van der Waals surface area contributed by atoms with Gasteiger partial charge in [-0.2, -0.15) is 0 Å². The number of nitrogens with zero attached hydrogens (tertiary/aromatic N) is 2. The molecule has 1 atom stereocenters. The number of aromatic nitrogens is 1. The third-order valence-electron chi connectivity index (χ3n) is 3.20. The van der Waals surface area contributed by atoms with Crippen molar-refractivity contribution in [2.45, 2.75) is 18.6 Å². The molecule has 2 aromatic rings. The molecule has 1 aliphatic heterocycles. The Balaban J connectivity index is 1.71. The minimum Gasteiger partial charge on any atom is -0.304 e. The Morgan fingerprint density at radius 3 is 2.77 bits per heavy atom. The number of amides is 1. The lowest BCUT2D eigenvalue weighted by molar-refractivity contribution is -0.118. The number of pyridine rings is 1. The van der Waals surface area contributed by atoms with Crippen LogP contribution >= 0.6 is 23.4 Å². The molecule has 0 bridgehead atoms. The summed E-state index contributed by atoms with van der Waals surface area (Å²) in [5.41, 5.74) is 1.97. The van der Waals surface area contributed by atoms with Gasteiger partial charge in [-0.1, -0.05) is 41.6 Å². The third kappa shape index (κ3) is 3.67. The van der Waals surface area contributed by atoms with Gasteiger partial charge in [-0.05, 0) is 43.2 Å². The monoisotopic (exact) mass is 331 g/mol. The topological polar surface area (TPSA) is 54.4 Å². The Bertz CT molecular complexity index is 730. The van der Waals surface area contributed by atoms with Crippen LogP contribution in [-0.4, -0.2) is 21.3 Å². The highest BCUT2D eigenvalue weighted by Gasteiger charge is 2.30. The van der Waals surface area contributed by atoms with Gasteiger partial charge in [0.2, 0.25) is 5.91 Å². The van der Waals surface area contributed by atoms with E-state index in [9.17, 15) is 4.79 Å². The highest BCUT2D eigenvalue weighted by molar-refractivity contribution is 8.15. The summed E-state index contributed by atoms with van der Waals surface area (Å²) in [5.74, 6) is 0.585. The third-order valence-corrected chi connectivity index (χ3v) is 4.53. The van der Waals surface area contributed by atoms with Crippen LogP contribution in [0.4, 0.5) is 5.82 Å². The van der Waals surface area contributed by atoms with E-state index in [1.54, 1.807) is 0 Å². The highest BCUT2D eigenvalue weighted by atomic mass is 35.5. The number of halogens is 1. The van der Waals surface area contributed by atoms with E-state index in [-0.39, 0.29) is 11.2 Å². The van der Waals surface area contributed by atoms with Crippen LogP contribution in [0, 0.1) is 6.92 Å². The van der Waals surface area contributed by atoms with Crippen molar-refractivity contribution < 1.29 is 4.79 Å². The average molecular weight is 332 g/mol. The van der Waals surface area contributed by atoms with E-state index >= 15 is 0 Å². The minimum absolute atomic E-state index is 0.0219. The Kier molecular flexibility index (Phi) is 4.45. The van der Waals surface area contributed by atoms with E-state index in [2.05, 4.69) is 15.3 Å². The maximum atomic E-state index is 12.1. The molecular weight excluding hydrogens is 318 g/mol. The average Bonchev–Trinajstić information content (AvgIpc) is 2.81. The number of carbonyl (C=O) groups is 1. The van der Waals surface area contributed by atoms with Crippen molar-refractivity contribution in [1.29, 1.82) is 0 Å². The van der Waals surface area contributed by atoms with E-state index in [4.69, 9.17) is 11.6 Å². The molecule has 0 aliphatic carbocycles. The zero-order valence-corrected chi connectivity index (χ0v) is 13.5. The van der Waals surface area contributed by atoms with Crippen LogP contribution in [0.1, 0.15) is 11.3 Å². The van der Waals surface area contributed by atoms with Gasteiger partial charge in [0, 0.05) is 10.7 Å². The van der Waals surface area contributed by atoms with E-state index in [1.165, 1.54) is 11.8 Å². The van der Waals surface area contributed by atoms with E-state index in [0.717, 1.165) is 11.3 Å². The molecule has 3 rings (SSSR count). The molecule has 0 spiro atoms. The number of aryl methyl sites for hydroxylation is 1. The summed E-state index contributed by atoms with van der Waals surface area (Å²) in [6.45, 7) is 1.91. The molecule has 0 radical (unpaired) electrons. The first-order valence-electron chi connectivity index (χ1n) is 6.84. The van der Waals surface area contributed by atoms with Crippen LogP contribution in [0.5, 0.6) is 0 Å². The molecule has 2 heterocycles. The molecule has 1 aromatic heterocycles. The lowest BCUT2D eigenvalue weighted by Crippen LogP contribution is -2.25. The van der Waals surface area contributed by atoms with Crippen molar-refractivity contribution in [3.63, 3.8) is 0 Å². The zero-order chi connectivity index (χ0) is 15.5. The van der Waals surface area contributed by atoms with Gasteiger partial charge in [-0.25, -0.2) is 9.98 Å². The second kappa shape index (κ2) is 6.50. The largest absolute Gasteiger partial charge is 0.304 e. The standard InChI is InChI=1S/C16H14ClN3OS/c1-10-3-2-4-14(18-10)19-16-20-15(21)13(22-16)9-11-5-7-12(17)8-6-11/h2-8,13H,9H2,1H3,(H,18,19,20,21). The number of benzene rings is 1. The molecule has 6 heteroatoms. The SMILES string of the molecule is Cc1cccc(/N=C2/NC(=O)C(Cc3ccc(Cl)cc3)S2)n1. The van der Waals surface area contributed by atoms with Crippen LogP contribution < -0.4 is 5.32 Å². The molecule has 0 saturated carbocycles. The number of hydrogen-bond donors (Lipinski definition) is 1. The van der Waals surface area contributed by atoms with Crippen molar-refractivity contribution in [2.75, 3.05) is 0 Å². The summed E-state index contributed by atoms with van der Waals surface area (Å²) in [5, 5.41) is 3.93. The number of nitrogens with one attached hydrogen (secondary N) is 1. The lowest BCUT2D eigenvalue weighted by atomic mass is 10.1. The van der Waals surface area contributed by atoms with Gasteiger partial charge in [0.15, 0.2) is 11.0 Å². The number of hydrogen-bond acceptors (Lipinski definition) is 4. The smallest absolute Gasteiger partial charge is 0.239 e. The van der Waals surface area contributed by atoms with Gasteiger partial charge in [0.25, 0.3) is 0 Å². The number of carbonyl (C=O) groups excluding carboxylic acids is 1. The van der Waals surface area contributed by atoms with Crippen molar-refractivity contribution in [1.82, 2.24) is 10.3 Å². The van der Waals surface area contributed by atoms with Gasteiger partial charge in [-0.15, -0.1) is 0 Å². The molecule has 1 N–H and O–H groups in total. The van der Waals surface area contributed by atoms with E-state index < -0.39 is 0 Å². The Hall–Kier alpha value is -1.85. The van der Waals surface area contributed by atoms with Crippen molar-refractivity contribution in [3.8, 4) is 0 Å². The Morgan fingerprint density at radius 1 is 1.27 bits per heavy atom. The van der Waals surface area contributed by atoms with Gasteiger partial charge in [0.1, 0.15) is 0 Å². The first kappa shape index (κ1) is 15.1. The first-order chi connectivity index (χ1) is 10.6. The molecule has 1 fully saturated rings. The van der Waals surface area contributed by atoms with Gasteiger partial charge < -0.3 is 5.32 Å². The summed E-state index contributed by atoms with van der Waals surface area (Å²) in [6, 6.07) is 13.2. The van der Waals surface area contributed by atoms with Crippen LogP contribution in [0.25, 0.3) is 0 Å². The van der Waals surface area contributed by atoms with Gasteiger partial charge >= 0.3 is 0 Å². The molecular formula is C16H14ClN3OS. The summed E-state index contributed by atoms with van der Waals surface area (Å²) in [4.78, 5) is 20.8.